The molecule has 0 aliphatic rings. The molecule has 0 radical (unpaired) electrons. The van der Waals surface area contributed by atoms with Crippen molar-refractivity contribution in [3.05, 3.63) is 29.3 Å². The van der Waals surface area contributed by atoms with Gasteiger partial charge in [-0.1, -0.05) is 19.1 Å². The molecule has 0 atom stereocenters. The summed E-state index contributed by atoms with van der Waals surface area (Å²) in [5, 5.41) is 2.71. The lowest BCUT2D eigenvalue weighted by Gasteiger charge is -2.10. The van der Waals surface area contributed by atoms with E-state index in [1.165, 1.54) is 0 Å². The van der Waals surface area contributed by atoms with E-state index in [4.69, 9.17) is 10.5 Å². The molecule has 0 amide bonds. The topological polar surface area (TPSA) is 47.3 Å². The minimum atomic E-state index is -0.697. The molecule has 0 aliphatic carbocycles. The van der Waals surface area contributed by atoms with Crippen molar-refractivity contribution in [2.75, 3.05) is 25.1 Å². The van der Waals surface area contributed by atoms with Gasteiger partial charge in [0.05, 0.1) is 0 Å². The zero-order valence-corrected chi connectivity index (χ0v) is 11.7. The summed E-state index contributed by atoms with van der Waals surface area (Å²) in [4.78, 5) is -0.0303. The van der Waals surface area contributed by atoms with Crippen LogP contribution in [0.15, 0.2) is 12.1 Å². The molecule has 1 aromatic carbocycles. The molecule has 106 valence electrons. The van der Waals surface area contributed by atoms with E-state index >= 15 is 0 Å². The Morgan fingerprint density at radius 1 is 1.32 bits per heavy atom. The number of benzene rings is 1. The lowest BCUT2D eigenvalue weighted by atomic mass is 10.2. The average Bonchev–Trinajstić information content (AvgIpc) is 2.35. The van der Waals surface area contributed by atoms with Crippen LogP contribution in [0.2, 0.25) is 0 Å². The van der Waals surface area contributed by atoms with E-state index in [1.54, 1.807) is 0 Å². The van der Waals surface area contributed by atoms with Gasteiger partial charge in [-0.05, 0) is 25.0 Å². The number of nitrogens with one attached hydrogen (secondary N) is 1. The zero-order chi connectivity index (χ0) is 14.3. The number of anilines is 1. The summed E-state index contributed by atoms with van der Waals surface area (Å²) in [5.74, 6) is -1.39. The molecule has 0 saturated carbocycles. The minimum absolute atomic E-state index is 0.0303. The molecule has 1 rings (SSSR count). The van der Waals surface area contributed by atoms with Crippen molar-refractivity contribution in [1.82, 2.24) is 0 Å². The Morgan fingerprint density at radius 2 is 1.95 bits per heavy atom. The molecular weight excluding hydrogens is 270 g/mol. The maximum absolute atomic E-state index is 13.7. The predicted molar refractivity (Wildman–Crippen MR) is 76.5 cm³/mol. The van der Waals surface area contributed by atoms with Crippen molar-refractivity contribution in [2.45, 2.75) is 19.8 Å². The second kappa shape index (κ2) is 8.01. The number of hydrogen-bond donors (Lipinski definition) is 2. The van der Waals surface area contributed by atoms with Crippen LogP contribution in [0.4, 0.5) is 14.5 Å². The van der Waals surface area contributed by atoms with E-state index in [-0.39, 0.29) is 16.2 Å². The third kappa shape index (κ3) is 5.08. The smallest absolute Gasteiger partial charge is 0.150 e. The summed E-state index contributed by atoms with van der Waals surface area (Å²) in [6.07, 6.45) is 1.63. The third-order valence-electron chi connectivity index (χ3n) is 2.44. The largest absolute Gasteiger partial charge is 0.389 e. The van der Waals surface area contributed by atoms with Gasteiger partial charge in [0.15, 0.2) is 0 Å². The average molecular weight is 288 g/mol. The molecule has 3 N–H and O–H groups in total. The molecule has 0 unspecified atom stereocenters. The monoisotopic (exact) mass is 288 g/mol. The second-order valence-electron chi connectivity index (χ2n) is 4.07. The maximum Gasteiger partial charge on any atom is 0.150 e. The third-order valence-corrected chi connectivity index (χ3v) is 2.68. The zero-order valence-electron chi connectivity index (χ0n) is 10.8. The van der Waals surface area contributed by atoms with Gasteiger partial charge in [0, 0.05) is 25.3 Å². The molecular formula is C13H18F2N2OS. The Labute approximate surface area is 117 Å². The molecule has 3 nitrogen and oxygen atoms in total. The Balaban J connectivity index is 2.52. The van der Waals surface area contributed by atoms with E-state index < -0.39 is 11.6 Å². The van der Waals surface area contributed by atoms with Gasteiger partial charge in [-0.25, -0.2) is 8.78 Å². The number of ether oxygens (including phenoxy) is 1. The number of thiocarbonyl (C=S) groups is 1. The predicted octanol–water partition coefficient (Wildman–Crippen LogP) is 2.83. The van der Waals surface area contributed by atoms with Gasteiger partial charge in [0.2, 0.25) is 0 Å². The van der Waals surface area contributed by atoms with E-state index in [2.05, 4.69) is 17.5 Å². The van der Waals surface area contributed by atoms with Gasteiger partial charge in [-0.2, -0.15) is 0 Å². The molecule has 0 spiro atoms. The molecule has 1 aromatic rings. The number of hydrogen-bond acceptors (Lipinski definition) is 3. The van der Waals surface area contributed by atoms with Crippen molar-refractivity contribution in [2.24, 2.45) is 5.73 Å². The first-order chi connectivity index (χ1) is 9.06. The highest BCUT2D eigenvalue weighted by molar-refractivity contribution is 7.80. The molecule has 0 saturated heterocycles. The van der Waals surface area contributed by atoms with Crippen molar-refractivity contribution in [1.29, 1.82) is 0 Å². The SMILES string of the molecule is CCCOCCCNc1c(F)cc(C(N)=S)cc1F. The summed E-state index contributed by atoms with van der Waals surface area (Å²) >= 11 is 4.68. The highest BCUT2D eigenvalue weighted by atomic mass is 32.1. The van der Waals surface area contributed by atoms with Crippen LogP contribution in [-0.4, -0.2) is 24.7 Å². The lowest BCUT2D eigenvalue weighted by molar-refractivity contribution is 0.134. The van der Waals surface area contributed by atoms with Gasteiger partial charge in [0.1, 0.15) is 22.3 Å². The van der Waals surface area contributed by atoms with Crippen LogP contribution in [0.1, 0.15) is 25.3 Å². The van der Waals surface area contributed by atoms with Gasteiger partial charge >= 0.3 is 0 Å². The molecule has 19 heavy (non-hydrogen) atoms. The Hall–Kier alpha value is -1.27. The summed E-state index contributed by atoms with van der Waals surface area (Å²) < 4.78 is 32.6. The Bertz CT molecular complexity index is 418. The lowest BCUT2D eigenvalue weighted by Crippen LogP contribution is -2.13. The van der Waals surface area contributed by atoms with Crippen molar-refractivity contribution in [3.8, 4) is 0 Å². The van der Waals surface area contributed by atoms with Crippen LogP contribution in [0.25, 0.3) is 0 Å². The van der Waals surface area contributed by atoms with E-state index in [0.717, 1.165) is 18.6 Å². The fraction of sp³-hybridized carbons (Fsp3) is 0.462. The van der Waals surface area contributed by atoms with E-state index in [1.807, 2.05) is 6.92 Å². The van der Waals surface area contributed by atoms with Crippen LogP contribution in [0, 0.1) is 11.6 Å². The van der Waals surface area contributed by atoms with Crippen molar-refractivity contribution in [3.63, 3.8) is 0 Å². The van der Waals surface area contributed by atoms with Gasteiger partial charge in [-0.15, -0.1) is 0 Å². The van der Waals surface area contributed by atoms with Crippen LogP contribution in [-0.2, 0) is 4.74 Å². The normalized spacial score (nSPS) is 10.5. The molecule has 6 heteroatoms. The van der Waals surface area contributed by atoms with Gasteiger partial charge < -0.3 is 15.8 Å². The first-order valence-corrected chi connectivity index (χ1v) is 6.57. The molecule has 0 aliphatic heterocycles. The Morgan fingerprint density at radius 3 is 2.47 bits per heavy atom. The molecule has 0 aromatic heterocycles. The summed E-state index contributed by atoms with van der Waals surface area (Å²) in [5.41, 5.74) is 5.36. The van der Waals surface area contributed by atoms with Crippen LogP contribution >= 0.6 is 12.2 Å². The van der Waals surface area contributed by atoms with Crippen LogP contribution in [0.5, 0.6) is 0 Å². The number of nitrogens with two attached hydrogens (primary N) is 1. The highest BCUT2D eigenvalue weighted by Crippen LogP contribution is 2.20. The summed E-state index contributed by atoms with van der Waals surface area (Å²) in [7, 11) is 0. The van der Waals surface area contributed by atoms with Crippen LogP contribution in [0.3, 0.4) is 0 Å². The molecule has 0 bridgehead atoms. The second-order valence-corrected chi connectivity index (χ2v) is 4.51. The van der Waals surface area contributed by atoms with Crippen LogP contribution < -0.4 is 11.1 Å². The highest BCUT2D eigenvalue weighted by Gasteiger charge is 2.11. The number of rotatable bonds is 8. The molecule has 0 heterocycles. The van der Waals surface area contributed by atoms with E-state index in [0.29, 0.717) is 26.2 Å². The standard InChI is InChI=1S/C13H18F2N2OS/c1-2-5-18-6-3-4-17-12-10(14)7-9(13(16)19)8-11(12)15/h7-8,17H,2-6H2,1H3,(H2,16,19). The minimum Gasteiger partial charge on any atom is -0.389 e. The quantitative estimate of drug-likeness (QED) is 0.570. The van der Waals surface area contributed by atoms with Crippen molar-refractivity contribution >= 4 is 22.9 Å². The maximum atomic E-state index is 13.7. The fourth-order valence-corrected chi connectivity index (χ4v) is 1.64. The van der Waals surface area contributed by atoms with Gasteiger partial charge in [0.25, 0.3) is 0 Å². The molecule has 0 fully saturated rings. The first-order valence-electron chi connectivity index (χ1n) is 6.16. The Kier molecular flexibility index (Phi) is 6.66. The van der Waals surface area contributed by atoms with E-state index in [9.17, 15) is 8.78 Å². The number of halogens is 2. The first kappa shape index (κ1) is 15.8. The fourth-order valence-electron chi connectivity index (χ4n) is 1.52. The van der Waals surface area contributed by atoms with Crippen molar-refractivity contribution < 1.29 is 13.5 Å². The summed E-state index contributed by atoms with van der Waals surface area (Å²) in [6, 6.07) is 2.25. The van der Waals surface area contributed by atoms with Gasteiger partial charge in [-0.3, -0.25) is 0 Å². The summed E-state index contributed by atoms with van der Waals surface area (Å²) in [6.45, 7) is 3.72.